The molecule has 0 heterocycles. The summed E-state index contributed by atoms with van der Waals surface area (Å²) in [6.45, 7) is 3.76. The van der Waals surface area contributed by atoms with Gasteiger partial charge in [-0.3, -0.25) is 0 Å². The minimum atomic E-state index is -0.999. The first-order valence-electron chi connectivity index (χ1n) is 9.23. The molecule has 0 radical (unpaired) electrons. The molecule has 1 N–H and O–H groups in total. The molecule has 29 heavy (non-hydrogen) atoms. The second-order valence-corrected chi connectivity index (χ2v) is 6.52. The van der Waals surface area contributed by atoms with Crippen LogP contribution in [0.25, 0.3) is 0 Å². The van der Waals surface area contributed by atoms with E-state index in [9.17, 15) is 9.90 Å². The van der Waals surface area contributed by atoms with Crippen molar-refractivity contribution in [3.63, 3.8) is 0 Å². The highest BCUT2D eigenvalue weighted by molar-refractivity contribution is 5.72. The van der Waals surface area contributed by atoms with Crippen LogP contribution in [0.15, 0.2) is 42.5 Å². The molecule has 2 rings (SSSR count). The predicted molar refractivity (Wildman–Crippen MR) is 110 cm³/mol. The molecule has 0 aliphatic carbocycles. The Kier molecular flexibility index (Phi) is 8.38. The molecule has 2 aromatic carbocycles. The van der Waals surface area contributed by atoms with Crippen molar-refractivity contribution < 1.29 is 28.8 Å². The molecular weight excluding hydrogens is 372 g/mol. The number of carboxylic acids is 1. The smallest absolute Gasteiger partial charge is 0.333 e. The zero-order chi connectivity index (χ0) is 21.2. The van der Waals surface area contributed by atoms with E-state index in [4.69, 9.17) is 18.9 Å². The largest absolute Gasteiger partial charge is 0.497 e. The third-order valence-electron chi connectivity index (χ3n) is 3.96. The molecule has 0 saturated carbocycles. The van der Waals surface area contributed by atoms with E-state index in [1.807, 2.05) is 24.3 Å². The van der Waals surface area contributed by atoms with E-state index in [-0.39, 0.29) is 19.1 Å². The van der Waals surface area contributed by atoms with Crippen LogP contribution in [-0.4, -0.2) is 44.1 Å². The maximum atomic E-state index is 11.4. The van der Waals surface area contributed by atoms with Crippen molar-refractivity contribution in [2.45, 2.75) is 32.5 Å². The SMILES string of the molecule is COc1cccc(C#CCOc2cc(CC(OC(C)C)C(=O)O)ccc2OC)c1. The summed E-state index contributed by atoms with van der Waals surface area (Å²) in [5.41, 5.74) is 1.60. The van der Waals surface area contributed by atoms with Crippen molar-refractivity contribution in [2.75, 3.05) is 20.8 Å². The highest BCUT2D eigenvalue weighted by Gasteiger charge is 2.21. The van der Waals surface area contributed by atoms with E-state index in [0.29, 0.717) is 11.5 Å². The fraction of sp³-hybridized carbons (Fsp3) is 0.348. The van der Waals surface area contributed by atoms with E-state index >= 15 is 0 Å². The summed E-state index contributed by atoms with van der Waals surface area (Å²) < 4.78 is 21.7. The summed E-state index contributed by atoms with van der Waals surface area (Å²) in [7, 11) is 3.15. The minimum Gasteiger partial charge on any atom is -0.497 e. The summed E-state index contributed by atoms with van der Waals surface area (Å²) >= 11 is 0. The van der Waals surface area contributed by atoms with Gasteiger partial charge in [-0.2, -0.15) is 0 Å². The zero-order valence-corrected chi connectivity index (χ0v) is 17.1. The summed E-state index contributed by atoms with van der Waals surface area (Å²) in [5, 5.41) is 9.36. The molecule has 154 valence electrons. The molecule has 6 heteroatoms. The van der Waals surface area contributed by atoms with Crippen LogP contribution in [0, 0.1) is 11.8 Å². The lowest BCUT2D eigenvalue weighted by molar-refractivity contribution is -0.153. The van der Waals surface area contributed by atoms with Gasteiger partial charge in [0, 0.05) is 12.0 Å². The maximum Gasteiger partial charge on any atom is 0.333 e. The number of methoxy groups -OCH3 is 2. The normalized spacial score (nSPS) is 11.3. The standard InChI is InChI=1S/C23H26O6/c1-16(2)29-22(23(24)25)15-18-10-11-20(27-4)21(14-18)28-12-6-8-17-7-5-9-19(13-17)26-3/h5,7,9-11,13-14,16,22H,12,15H2,1-4H3,(H,24,25). The molecule has 1 unspecified atom stereocenters. The summed E-state index contributed by atoms with van der Waals surface area (Å²) in [5.74, 6) is 6.76. The highest BCUT2D eigenvalue weighted by Crippen LogP contribution is 2.28. The van der Waals surface area contributed by atoms with Crippen molar-refractivity contribution in [3.8, 4) is 29.1 Å². The number of carbonyl (C=O) groups is 1. The van der Waals surface area contributed by atoms with Gasteiger partial charge in [-0.1, -0.05) is 24.0 Å². The first-order chi connectivity index (χ1) is 13.9. The number of ether oxygens (including phenoxy) is 4. The van der Waals surface area contributed by atoms with Gasteiger partial charge in [0.1, 0.15) is 12.4 Å². The van der Waals surface area contributed by atoms with Crippen LogP contribution in [0.2, 0.25) is 0 Å². The summed E-state index contributed by atoms with van der Waals surface area (Å²) in [4.78, 5) is 11.4. The Morgan fingerprint density at radius 2 is 1.86 bits per heavy atom. The molecule has 1 atom stereocenters. The summed E-state index contributed by atoms with van der Waals surface area (Å²) in [6, 6.07) is 12.7. The highest BCUT2D eigenvalue weighted by atomic mass is 16.5. The van der Waals surface area contributed by atoms with Crippen molar-refractivity contribution in [2.24, 2.45) is 0 Å². The van der Waals surface area contributed by atoms with Gasteiger partial charge in [0.05, 0.1) is 20.3 Å². The Balaban J connectivity index is 2.08. The zero-order valence-electron chi connectivity index (χ0n) is 17.1. The monoisotopic (exact) mass is 398 g/mol. The van der Waals surface area contributed by atoms with Crippen molar-refractivity contribution in [1.82, 2.24) is 0 Å². The molecular formula is C23H26O6. The van der Waals surface area contributed by atoms with E-state index < -0.39 is 12.1 Å². The van der Waals surface area contributed by atoms with Crippen LogP contribution in [0.3, 0.4) is 0 Å². The molecule has 0 spiro atoms. The van der Waals surface area contributed by atoms with E-state index in [2.05, 4.69) is 11.8 Å². The molecule has 2 aromatic rings. The number of carboxylic acid groups (broad SMARTS) is 1. The van der Waals surface area contributed by atoms with Crippen LogP contribution < -0.4 is 14.2 Å². The topological polar surface area (TPSA) is 74.2 Å². The van der Waals surface area contributed by atoms with E-state index in [0.717, 1.165) is 16.9 Å². The first kappa shape index (κ1) is 22.1. The fourth-order valence-electron chi connectivity index (χ4n) is 2.65. The maximum absolute atomic E-state index is 11.4. The lowest BCUT2D eigenvalue weighted by atomic mass is 10.1. The van der Waals surface area contributed by atoms with Crippen LogP contribution in [0.4, 0.5) is 0 Å². The van der Waals surface area contributed by atoms with Crippen LogP contribution in [0.5, 0.6) is 17.2 Å². The molecule has 0 aliphatic heterocycles. The number of aliphatic carboxylic acids is 1. The van der Waals surface area contributed by atoms with Gasteiger partial charge >= 0.3 is 5.97 Å². The number of benzene rings is 2. The van der Waals surface area contributed by atoms with E-state index in [1.54, 1.807) is 46.3 Å². The molecule has 0 fully saturated rings. The van der Waals surface area contributed by atoms with Gasteiger partial charge in [-0.15, -0.1) is 0 Å². The molecule has 0 saturated heterocycles. The second kappa shape index (κ2) is 11.0. The number of hydrogen-bond acceptors (Lipinski definition) is 5. The van der Waals surface area contributed by atoms with Gasteiger partial charge in [0.2, 0.25) is 0 Å². The van der Waals surface area contributed by atoms with Crippen molar-refractivity contribution in [3.05, 3.63) is 53.6 Å². The van der Waals surface area contributed by atoms with E-state index in [1.165, 1.54) is 0 Å². The van der Waals surface area contributed by atoms with Gasteiger partial charge in [-0.25, -0.2) is 4.79 Å². The summed E-state index contributed by atoms with van der Waals surface area (Å²) in [6.07, 6.45) is -0.885. The number of hydrogen-bond donors (Lipinski definition) is 1. The first-order valence-corrected chi connectivity index (χ1v) is 9.23. The van der Waals surface area contributed by atoms with Crippen LogP contribution in [0.1, 0.15) is 25.0 Å². The Labute approximate surface area is 171 Å². The Morgan fingerprint density at radius 3 is 2.52 bits per heavy atom. The van der Waals surface area contributed by atoms with Crippen molar-refractivity contribution >= 4 is 5.97 Å². The quantitative estimate of drug-likeness (QED) is 0.651. The molecule has 6 nitrogen and oxygen atoms in total. The lowest BCUT2D eigenvalue weighted by Gasteiger charge is -2.17. The predicted octanol–water partition coefficient (Wildman–Crippen LogP) is 3.56. The Bertz CT molecular complexity index is 878. The Hall–Kier alpha value is -3.17. The average Bonchev–Trinajstić information content (AvgIpc) is 2.70. The fourth-order valence-corrected chi connectivity index (χ4v) is 2.65. The number of rotatable bonds is 9. The molecule has 0 aliphatic rings. The third-order valence-corrected chi connectivity index (χ3v) is 3.96. The van der Waals surface area contributed by atoms with Gasteiger partial charge < -0.3 is 24.1 Å². The molecule has 0 aromatic heterocycles. The van der Waals surface area contributed by atoms with Gasteiger partial charge in [0.25, 0.3) is 0 Å². The lowest BCUT2D eigenvalue weighted by Crippen LogP contribution is -2.29. The Morgan fingerprint density at radius 1 is 1.07 bits per heavy atom. The van der Waals surface area contributed by atoms with Crippen LogP contribution in [-0.2, 0) is 16.0 Å². The molecule has 0 amide bonds. The molecule has 0 bridgehead atoms. The second-order valence-electron chi connectivity index (χ2n) is 6.52. The van der Waals surface area contributed by atoms with Crippen LogP contribution >= 0.6 is 0 Å². The average molecular weight is 398 g/mol. The van der Waals surface area contributed by atoms with Gasteiger partial charge in [-0.05, 0) is 49.7 Å². The van der Waals surface area contributed by atoms with Crippen molar-refractivity contribution in [1.29, 1.82) is 0 Å². The third kappa shape index (κ3) is 7.05. The van der Waals surface area contributed by atoms with Gasteiger partial charge in [0.15, 0.2) is 17.6 Å². The minimum absolute atomic E-state index is 0.155.